The van der Waals surface area contributed by atoms with Gasteiger partial charge in [0.25, 0.3) is 0 Å². The third-order valence-electron chi connectivity index (χ3n) is 2.39. The molecule has 1 fully saturated rings. The number of thiocarbonyl (C=S) groups is 2. The van der Waals surface area contributed by atoms with Crippen molar-refractivity contribution in [3.05, 3.63) is 11.0 Å². The van der Waals surface area contributed by atoms with Crippen LogP contribution in [-0.2, 0) is 4.79 Å². The Morgan fingerprint density at radius 1 is 1.53 bits per heavy atom. The van der Waals surface area contributed by atoms with Crippen LogP contribution in [0, 0.1) is 0 Å². The van der Waals surface area contributed by atoms with Crippen molar-refractivity contribution in [3.63, 3.8) is 0 Å². The minimum atomic E-state index is -0.226. The van der Waals surface area contributed by atoms with Crippen molar-refractivity contribution in [2.75, 3.05) is 6.54 Å². The highest BCUT2D eigenvalue weighted by Crippen LogP contribution is 2.33. The highest BCUT2D eigenvalue weighted by atomic mass is 32.2. The van der Waals surface area contributed by atoms with Crippen LogP contribution in [0.25, 0.3) is 0 Å². The van der Waals surface area contributed by atoms with Crippen molar-refractivity contribution in [3.8, 4) is 0 Å². The molecule has 2 heterocycles. The summed E-state index contributed by atoms with van der Waals surface area (Å²) in [6.45, 7) is 4.45. The first kappa shape index (κ1) is 13.2. The third kappa shape index (κ3) is 2.62. The van der Waals surface area contributed by atoms with E-state index >= 15 is 0 Å². The topological polar surface area (TPSA) is 32.7 Å². The van der Waals surface area contributed by atoms with Gasteiger partial charge in [-0.3, -0.25) is 9.69 Å². The van der Waals surface area contributed by atoms with Crippen LogP contribution in [0.4, 0.5) is 0 Å². The van der Waals surface area contributed by atoms with Gasteiger partial charge in [-0.15, -0.1) is 0 Å². The van der Waals surface area contributed by atoms with E-state index in [2.05, 4.69) is 4.99 Å². The lowest BCUT2D eigenvalue weighted by Gasteiger charge is -2.10. The molecule has 0 radical (unpaired) electrons. The molecule has 0 aromatic heterocycles. The summed E-state index contributed by atoms with van der Waals surface area (Å²) in [5, 5.41) is -0.226. The molecule has 1 atom stereocenters. The van der Waals surface area contributed by atoms with Crippen LogP contribution in [0.3, 0.4) is 0 Å². The molecule has 1 unspecified atom stereocenters. The number of hydrogen-bond acceptors (Lipinski definition) is 5. The molecule has 17 heavy (non-hydrogen) atoms. The van der Waals surface area contributed by atoms with Crippen molar-refractivity contribution < 1.29 is 4.79 Å². The summed E-state index contributed by atoms with van der Waals surface area (Å²) in [6, 6.07) is 0. The molecule has 0 N–H and O–H groups in total. The SMILES string of the molecule is CCN1C(=O)C(/C=C2/SC(=S)N=C2C)SC1=S. The number of allylic oxidation sites excluding steroid dienone is 1. The van der Waals surface area contributed by atoms with Crippen LogP contribution in [0.1, 0.15) is 13.8 Å². The van der Waals surface area contributed by atoms with E-state index in [9.17, 15) is 4.79 Å². The number of hydrogen-bond donors (Lipinski definition) is 0. The molecular weight excluding hydrogens is 292 g/mol. The molecule has 1 amide bonds. The summed E-state index contributed by atoms with van der Waals surface area (Å²) in [5.74, 6) is 0.0567. The fourth-order valence-corrected chi connectivity index (χ4v) is 4.32. The zero-order valence-corrected chi connectivity index (χ0v) is 12.6. The van der Waals surface area contributed by atoms with Gasteiger partial charge >= 0.3 is 0 Å². The molecule has 0 spiro atoms. The first-order valence-corrected chi connectivity index (χ1v) is 7.55. The summed E-state index contributed by atoms with van der Waals surface area (Å²) in [6.07, 6.45) is 1.91. The standard InChI is InChI=1S/C10H10N2OS4/c1-3-12-8(13)7(17-10(12)15)4-6-5(2)11-9(14)16-6/h4,7H,3H2,1-2H3/b6-4+. The van der Waals surface area contributed by atoms with Crippen LogP contribution in [0.2, 0.25) is 0 Å². The number of aliphatic imine (C=N–C) groups is 1. The first-order chi connectivity index (χ1) is 8.02. The number of carbonyl (C=O) groups is 1. The van der Waals surface area contributed by atoms with Gasteiger partial charge in [0.1, 0.15) is 9.57 Å². The summed E-state index contributed by atoms with van der Waals surface area (Å²) in [5.41, 5.74) is 0.884. The molecule has 2 rings (SSSR count). The molecule has 2 aliphatic heterocycles. The van der Waals surface area contributed by atoms with Gasteiger partial charge in [-0.25, -0.2) is 4.99 Å². The second-order valence-corrected chi connectivity index (χ2v) is 6.93. The van der Waals surface area contributed by atoms with Crippen LogP contribution in [0.15, 0.2) is 16.0 Å². The molecular formula is C10H10N2OS4. The van der Waals surface area contributed by atoms with Crippen LogP contribution >= 0.6 is 48.0 Å². The van der Waals surface area contributed by atoms with E-state index in [0.717, 1.165) is 10.6 Å². The highest BCUT2D eigenvalue weighted by molar-refractivity contribution is 8.27. The minimum absolute atomic E-state index is 0.0567. The Hall–Kier alpha value is -0.240. The van der Waals surface area contributed by atoms with E-state index in [0.29, 0.717) is 15.2 Å². The van der Waals surface area contributed by atoms with Crippen molar-refractivity contribution in [2.45, 2.75) is 19.1 Å². The van der Waals surface area contributed by atoms with Crippen molar-refractivity contribution in [1.29, 1.82) is 0 Å². The van der Waals surface area contributed by atoms with Gasteiger partial charge in [0, 0.05) is 11.4 Å². The van der Waals surface area contributed by atoms with Crippen molar-refractivity contribution >= 4 is 68.2 Å². The number of nitrogens with zero attached hydrogens (tertiary/aromatic N) is 2. The van der Waals surface area contributed by atoms with E-state index < -0.39 is 0 Å². The van der Waals surface area contributed by atoms with E-state index in [1.807, 2.05) is 19.9 Å². The Kier molecular flexibility index (Phi) is 4.02. The number of carbonyl (C=O) groups excluding carboxylic acids is 1. The lowest BCUT2D eigenvalue weighted by molar-refractivity contribution is -0.125. The van der Waals surface area contributed by atoms with Crippen LogP contribution < -0.4 is 0 Å². The fourth-order valence-electron chi connectivity index (χ4n) is 1.53. The molecule has 90 valence electrons. The summed E-state index contributed by atoms with van der Waals surface area (Å²) in [4.78, 5) is 18.8. The van der Waals surface area contributed by atoms with Gasteiger partial charge < -0.3 is 0 Å². The Balaban J connectivity index is 2.19. The number of thioether (sulfide) groups is 2. The Labute approximate surface area is 119 Å². The monoisotopic (exact) mass is 302 g/mol. The number of amides is 1. The molecule has 0 saturated carbocycles. The zero-order chi connectivity index (χ0) is 12.6. The molecule has 7 heteroatoms. The minimum Gasteiger partial charge on any atom is -0.297 e. The third-order valence-corrected chi connectivity index (χ3v) is 5.17. The van der Waals surface area contributed by atoms with Crippen LogP contribution in [0.5, 0.6) is 0 Å². The predicted molar refractivity (Wildman–Crippen MR) is 82.7 cm³/mol. The molecule has 0 aromatic rings. The van der Waals surface area contributed by atoms with Gasteiger partial charge in [0.2, 0.25) is 5.91 Å². The van der Waals surface area contributed by atoms with E-state index in [-0.39, 0.29) is 11.2 Å². The van der Waals surface area contributed by atoms with Crippen LogP contribution in [-0.4, -0.2) is 37.0 Å². The maximum absolute atomic E-state index is 12.0. The fraction of sp³-hybridized carbons (Fsp3) is 0.400. The molecule has 0 bridgehead atoms. The molecule has 3 nitrogen and oxygen atoms in total. The van der Waals surface area contributed by atoms with Gasteiger partial charge in [0.05, 0.1) is 5.71 Å². The summed E-state index contributed by atoms with van der Waals surface area (Å²) >= 11 is 13.0. The Morgan fingerprint density at radius 3 is 2.71 bits per heavy atom. The lowest BCUT2D eigenvalue weighted by atomic mass is 10.3. The normalized spacial score (nSPS) is 27.3. The Bertz CT molecular complexity index is 469. The molecule has 1 saturated heterocycles. The average Bonchev–Trinajstić information content (AvgIpc) is 2.69. The second kappa shape index (κ2) is 5.17. The van der Waals surface area contributed by atoms with E-state index in [4.69, 9.17) is 24.4 Å². The van der Waals surface area contributed by atoms with Gasteiger partial charge in [-0.05, 0) is 19.9 Å². The maximum Gasteiger partial charge on any atom is 0.245 e. The Morgan fingerprint density at radius 2 is 2.24 bits per heavy atom. The van der Waals surface area contributed by atoms with Gasteiger partial charge in [0.15, 0.2) is 4.32 Å². The largest absolute Gasteiger partial charge is 0.297 e. The second-order valence-electron chi connectivity index (χ2n) is 3.48. The van der Waals surface area contributed by atoms with Crippen molar-refractivity contribution in [2.24, 2.45) is 4.99 Å². The predicted octanol–water partition coefficient (Wildman–Crippen LogP) is 2.61. The molecule has 0 aromatic carbocycles. The lowest BCUT2D eigenvalue weighted by Crippen LogP contribution is -2.30. The van der Waals surface area contributed by atoms with Gasteiger partial charge in [-0.2, -0.15) is 0 Å². The molecule has 2 aliphatic rings. The highest BCUT2D eigenvalue weighted by Gasteiger charge is 2.35. The summed E-state index contributed by atoms with van der Waals surface area (Å²) in [7, 11) is 0. The number of rotatable bonds is 2. The van der Waals surface area contributed by atoms with Crippen molar-refractivity contribution in [1.82, 2.24) is 4.90 Å². The average molecular weight is 302 g/mol. The smallest absolute Gasteiger partial charge is 0.245 e. The zero-order valence-electron chi connectivity index (χ0n) is 9.30. The maximum atomic E-state index is 12.0. The quantitative estimate of drug-likeness (QED) is 0.732. The summed E-state index contributed by atoms with van der Waals surface area (Å²) < 4.78 is 1.26. The van der Waals surface area contributed by atoms with E-state index in [1.54, 1.807) is 4.90 Å². The first-order valence-electron chi connectivity index (χ1n) is 5.04. The van der Waals surface area contributed by atoms with E-state index in [1.165, 1.54) is 23.5 Å². The van der Waals surface area contributed by atoms with Gasteiger partial charge in [-0.1, -0.05) is 48.0 Å². The molecule has 0 aliphatic carbocycles.